The largest absolute Gasteiger partial charge is 0.388 e. The fourth-order valence-electron chi connectivity index (χ4n) is 2.54. The molecule has 6 heteroatoms. The molecule has 0 fully saturated rings. The van der Waals surface area contributed by atoms with E-state index in [1.165, 1.54) is 0 Å². The van der Waals surface area contributed by atoms with Gasteiger partial charge in [-0.25, -0.2) is 0 Å². The molecule has 120 valence electrons. The molecule has 0 aliphatic rings. The zero-order valence-corrected chi connectivity index (χ0v) is 14.0. The summed E-state index contributed by atoms with van der Waals surface area (Å²) in [6, 6.07) is 7.65. The van der Waals surface area contributed by atoms with E-state index < -0.39 is 5.60 Å². The van der Waals surface area contributed by atoms with E-state index >= 15 is 0 Å². The average Bonchev–Trinajstić information content (AvgIpc) is 2.85. The van der Waals surface area contributed by atoms with Crippen LogP contribution in [0.5, 0.6) is 0 Å². The number of hydrogen-bond acceptors (Lipinski definition) is 4. The molecule has 0 bridgehead atoms. The third-order valence-electron chi connectivity index (χ3n) is 3.31. The Morgan fingerprint density at radius 3 is 2.86 bits per heavy atom. The van der Waals surface area contributed by atoms with Crippen LogP contribution in [0.4, 0.5) is 0 Å². The summed E-state index contributed by atoms with van der Waals surface area (Å²) in [5.41, 5.74) is 2.22. The molecule has 2 rings (SSSR count). The first-order valence-electron chi connectivity index (χ1n) is 7.23. The molecule has 2 aromatic rings. The molecule has 1 atom stereocenters. The van der Waals surface area contributed by atoms with Crippen molar-refractivity contribution in [2.75, 3.05) is 27.2 Å². The Labute approximate surface area is 136 Å². The molecule has 1 unspecified atom stereocenters. The van der Waals surface area contributed by atoms with Gasteiger partial charge in [-0.1, -0.05) is 23.7 Å². The number of aromatic amines is 1. The number of rotatable bonds is 7. The van der Waals surface area contributed by atoms with Crippen molar-refractivity contribution in [3.05, 3.63) is 41.0 Å². The first-order valence-corrected chi connectivity index (χ1v) is 7.61. The van der Waals surface area contributed by atoms with Gasteiger partial charge in [0.15, 0.2) is 0 Å². The monoisotopic (exact) mass is 322 g/mol. The minimum atomic E-state index is -0.774. The van der Waals surface area contributed by atoms with Crippen molar-refractivity contribution in [1.82, 2.24) is 20.4 Å². The molecule has 0 radical (unpaired) electrons. The minimum absolute atomic E-state index is 0.505. The van der Waals surface area contributed by atoms with Crippen LogP contribution in [0.3, 0.4) is 0 Å². The zero-order chi connectivity index (χ0) is 16.2. The highest BCUT2D eigenvalue weighted by atomic mass is 35.5. The fourth-order valence-corrected chi connectivity index (χ4v) is 2.73. The van der Waals surface area contributed by atoms with Gasteiger partial charge in [0.25, 0.3) is 0 Å². The normalized spacial score (nSPS) is 14.3. The molecule has 0 amide bonds. The van der Waals surface area contributed by atoms with Gasteiger partial charge < -0.3 is 15.3 Å². The van der Waals surface area contributed by atoms with Gasteiger partial charge in [-0.05, 0) is 33.2 Å². The lowest BCUT2D eigenvalue weighted by molar-refractivity contribution is 0.0336. The maximum atomic E-state index is 10.3. The van der Waals surface area contributed by atoms with Crippen molar-refractivity contribution in [1.29, 1.82) is 0 Å². The number of benzene rings is 1. The number of likely N-dealkylation sites (N-methyl/N-ethyl adjacent to an activating group) is 1. The van der Waals surface area contributed by atoms with E-state index in [4.69, 9.17) is 11.6 Å². The van der Waals surface area contributed by atoms with Gasteiger partial charge in [0.05, 0.1) is 17.5 Å². The minimum Gasteiger partial charge on any atom is -0.388 e. The first-order chi connectivity index (χ1) is 10.4. The summed E-state index contributed by atoms with van der Waals surface area (Å²) in [6.45, 7) is 3.56. The third kappa shape index (κ3) is 4.81. The summed E-state index contributed by atoms with van der Waals surface area (Å²) in [5.74, 6) is 0. The Bertz CT molecular complexity index is 610. The Balaban J connectivity index is 1.99. The van der Waals surface area contributed by atoms with E-state index in [1.807, 2.05) is 50.2 Å². The third-order valence-corrected chi connectivity index (χ3v) is 3.54. The number of nitrogens with zero attached hydrogens (tertiary/aromatic N) is 2. The molecule has 3 N–H and O–H groups in total. The van der Waals surface area contributed by atoms with E-state index in [1.54, 1.807) is 6.20 Å². The molecule has 1 aromatic heterocycles. The SMILES string of the molecule is CN(C)CC(C)(O)CNCc1cn[nH]c1-c1cccc(Cl)c1. The molecule has 1 heterocycles. The fraction of sp³-hybridized carbons (Fsp3) is 0.438. The second-order valence-corrected chi connectivity index (χ2v) is 6.56. The lowest BCUT2D eigenvalue weighted by atomic mass is 10.1. The summed E-state index contributed by atoms with van der Waals surface area (Å²) >= 11 is 6.04. The standard InChI is InChI=1S/C16H23ClN4O/c1-16(22,11-21(2)3)10-18-8-13-9-19-20-15(13)12-5-4-6-14(17)7-12/h4-7,9,18,22H,8,10-11H2,1-3H3,(H,19,20). The highest BCUT2D eigenvalue weighted by molar-refractivity contribution is 6.30. The van der Waals surface area contributed by atoms with Crippen LogP contribution in [0, 0.1) is 0 Å². The quantitative estimate of drug-likeness (QED) is 0.730. The van der Waals surface area contributed by atoms with Crippen LogP contribution in [0.1, 0.15) is 12.5 Å². The summed E-state index contributed by atoms with van der Waals surface area (Å²) in [6.07, 6.45) is 1.80. The van der Waals surface area contributed by atoms with Crippen LogP contribution in [0.25, 0.3) is 11.3 Å². The maximum Gasteiger partial charge on any atom is 0.0869 e. The average molecular weight is 323 g/mol. The molecule has 0 saturated heterocycles. The van der Waals surface area contributed by atoms with Gasteiger partial charge in [-0.2, -0.15) is 5.10 Å². The Kier molecular flexibility index (Phi) is 5.58. The lowest BCUT2D eigenvalue weighted by Gasteiger charge is -2.27. The molecule has 0 spiro atoms. The van der Waals surface area contributed by atoms with Crippen LogP contribution >= 0.6 is 11.6 Å². The van der Waals surface area contributed by atoms with Crippen LogP contribution in [-0.4, -0.2) is 53.0 Å². The van der Waals surface area contributed by atoms with Crippen LogP contribution < -0.4 is 5.32 Å². The van der Waals surface area contributed by atoms with Crippen molar-refractivity contribution in [3.8, 4) is 11.3 Å². The van der Waals surface area contributed by atoms with Gasteiger partial charge in [0.2, 0.25) is 0 Å². The van der Waals surface area contributed by atoms with Crippen molar-refractivity contribution < 1.29 is 5.11 Å². The van der Waals surface area contributed by atoms with E-state index in [9.17, 15) is 5.11 Å². The summed E-state index contributed by atoms with van der Waals surface area (Å²) in [4.78, 5) is 1.97. The Morgan fingerprint density at radius 2 is 2.18 bits per heavy atom. The molecule has 1 aromatic carbocycles. The zero-order valence-electron chi connectivity index (χ0n) is 13.2. The van der Waals surface area contributed by atoms with Gasteiger partial charge >= 0.3 is 0 Å². The number of nitrogens with one attached hydrogen (secondary N) is 2. The number of aromatic nitrogens is 2. The number of hydrogen-bond donors (Lipinski definition) is 3. The maximum absolute atomic E-state index is 10.3. The highest BCUT2D eigenvalue weighted by Gasteiger charge is 2.21. The van der Waals surface area contributed by atoms with Crippen LogP contribution in [0.15, 0.2) is 30.5 Å². The van der Waals surface area contributed by atoms with Gasteiger partial charge in [0.1, 0.15) is 0 Å². The molecular formula is C16H23ClN4O. The predicted octanol–water partition coefficient (Wildman–Crippen LogP) is 2.13. The van der Waals surface area contributed by atoms with Gasteiger partial charge in [0, 0.05) is 35.8 Å². The topological polar surface area (TPSA) is 64.2 Å². The molecule has 0 saturated carbocycles. The number of H-pyrrole nitrogens is 1. The van der Waals surface area contributed by atoms with Gasteiger partial charge in [-0.15, -0.1) is 0 Å². The number of halogens is 1. The second kappa shape index (κ2) is 7.24. The lowest BCUT2D eigenvalue weighted by Crippen LogP contribution is -2.45. The first kappa shape index (κ1) is 17.0. The van der Waals surface area contributed by atoms with Crippen molar-refractivity contribution in [2.24, 2.45) is 0 Å². The predicted molar refractivity (Wildman–Crippen MR) is 89.9 cm³/mol. The van der Waals surface area contributed by atoms with Crippen molar-refractivity contribution in [2.45, 2.75) is 19.1 Å². The summed E-state index contributed by atoms with van der Waals surface area (Å²) in [5, 5.41) is 21.4. The van der Waals surface area contributed by atoms with Crippen molar-refractivity contribution in [3.63, 3.8) is 0 Å². The van der Waals surface area contributed by atoms with E-state index in [0.29, 0.717) is 24.7 Å². The highest BCUT2D eigenvalue weighted by Crippen LogP contribution is 2.23. The second-order valence-electron chi connectivity index (χ2n) is 6.12. The van der Waals surface area contributed by atoms with E-state index in [-0.39, 0.29) is 0 Å². The molecule has 22 heavy (non-hydrogen) atoms. The molecule has 5 nitrogen and oxygen atoms in total. The van der Waals surface area contributed by atoms with Crippen LogP contribution in [0.2, 0.25) is 5.02 Å². The smallest absolute Gasteiger partial charge is 0.0869 e. The Morgan fingerprint density at radius 1 is 1.41 bits per heavy atom. The summed E-state index contributed by atoms with van der Waals surface area (Å²) < 4.78 is 0. The van der Waals surface area contributed by atoms with E-state index in [2.05, 4.69) is 15.5 Å². The number of aliphatic hydroxyl groups is 1. The molecule has 0 aliphatic heterocycles. The molecular weight excluding hydrogens is 300 g/mol. The Hall–Kier alpha value is -1.40. The van der Waals surface area contributed by atoms with Crippen molar-refractivity contribution >= 4 is 11.6 Å². The summed E-state index contributed by atoms with van der Waals surface area (Å²) in [7, 11) is 3.89. The molecule has 0 aliphatic carbocycles. The van der Waals surface area contributed by atoms with Crippen LogP contribution in [-0.2, 0) is 6.54 Å². The van der Waals surface area contributed by atoms with E-state index in [0.717, 1.165) is 16.8 Å². The van der Waals surface area contributed by atoms with Gasteiger partial charge in [-0.3, -0.25) is 5.10 Å².